The van der Waals surface area contributed by atoms with E-state index in [1.807, 2.05) is 66.8 Å². The minimum absolute atomic E-state index is 0.00428. The maximum absolute atomic E-state index is 13.1. The molecule has 5 atom stereocenters. The minimum atomic E-state index is -5.05. The van der Waals surface area contributed by atoms with Crippen LogP contribution in [-0.2, 0) is 65.4 Å². The summed E-state index contributed by atoms with van der Waals surface area (Å²) in [6.07, 6.45) is 113. The summed E-state index contributed by atoms with van der Waals surface area (Å²) in [4.78, 5) is 73.1. The first-order valence-corrected chi connectivity index (χ1v) is 44.6. The fourth-order valence-corrected chi connectivity index (χ4v) is 11.1. The van der Waals surface area contributed by atoms with Crippen molar-refractivity contribution in [2.45, 2.75) is 264 Å². The molecule has 0 radical (unpaired) electrons. The van der Waals surface area contributed by atoms with E-state index in [-0.39, 0.29) is 25.7 Å². The summed E-state index contributed by atoms with van der Waals surface area (Å²) >= 11 is 0. The molecule has 0 amide bonds. The molecule has 0 aromatic heterocycles. The Labute approximate surface area is 687 Å². The largest absolute Gasteiger partial charge is 0.472 e. The maximum atomic E-state index is 13.1. The Morgan fingerprint density at radius 1 is 0.254 bits per heavy atom. The Bertz CT molecular complexity index is 3230. The molecule has 0 aromatic carbocycles. The second-order valence-corrected chi connectivity index (χ2v) is 29.1. The maximum Gasteiger partial charge on any atom is 0.472 e. The Kier molecular flexibility index (Phi) is 77.7. The molecule has 0 heterocycles. The highest BCUT2D eigenvalue weighted by Crippen LogP contribution is 2.45. The molecule has 19 heteroatoms. The average Bonchev–Trinajstić information content (AvgIpc) is 0.899. The summed E-state index contributed by atoms with van der Waals surface area (Å²) in [6, 6.07) is 0. The van der Waals surface area contributed by atoms with Crippen molar-refractivity contribution >= 4 is 39.5 Å². The van der Waals surface area contributed by atoms with Crippen LogP contribution in [0.1, 0.15) is 246 Å². The highest BCUT2D eigenvalue weighted by molar-refractivity contribution is 7.47. The van der Waals surface area contributed by atoms with E-state index in [1.165, 1.54) is 19.3 Å². The molecule has 634 valence electrons. The van der Waals surface area contributed by atoms with Gasteiger partial charge in [0.1, 0.15) is 19.3 Å². The molecule has 17 nitrogen and oxygen atoms in total. The van der Waals surface area contributed by atoms with Gasteiger partial charge in [-0.15, -0.1) is 0 Å². The fraction of sp³-hybridized carbons (Fsp3) is 0.495. The number of carbonyl (C=O) groups is 4. The van der Waals surface area contributed by atoms with Gasteiger partial charge in [-0.3, -0.25) is 37.3 Å². The molecule has 3 N–H and O–H groups in total. The molecule has 0 bridgehead atoms. The number of phosphoric acid groups is 2. The van der Waals surface area contributed by atoms with Crippen molar-refractivity contribution in [1.82, 2.24) is 0 Å². The highest BCUT2D eigenvalue weighted by atomic mass is 31.2. The second-order valence-electron chi connectivity index (χ2n) is 26.2. The van der Waals surface area contributed by atoms with E-state index in [9.17, 15) is 43.2 Å². The van der Waals surface area contributed by atoms with Crippen molar-refractivity contribution in [3.63, 3.8) is 0 Å². The Hall–Kier alpha value is -7.66. The van der Waals surface area contributed by atoms with Gasteiger partial charge in [-0.1, -0.05) is 308 Å². The number of carbonyl (C=O) groups excluding carboxylic acids is 4. The van der Waals surface area contributed by atoms with E-state index in [2.05, 4.69) is 228 Å². The van der Waals surface area contributed by atoms with Gasteiger partial charge in [0.05, 0.1) is 26.4 Å². The van der Waals surface area contributed by atoms with Gasteiger partial charge in [0.15, 0.2) is 12.2 Å². The molecule has 0 aliphatic carbocycles. The highest BCUT2D eigenvalue weighted by Gasteiger charge is 2.30. The van der Waals surface area contributed by atoms with Crippen LogP contribution in [-0.4, -0.2) is 96.7 Å². The number of aliphatic hydroxyl groups excluding tert-OH is 1. The molecule has 0 aliphatic rings. The molecule has 0 aromatic rings. The topological polar surface area (TPSA) is 237 Å². The Morgan fingerprint density at radius 2 is 0.465 bits per heavy atom. The van der Waals surface area contributed by atoms with Crippen LogP contribution < -0.4 is 0 Å². The van der Waals surface area contributed by atoms with Crippen molar-refractivity contribution in [3.8, 4) is 0 Å². The third kappa shape index (κ3) is 82.3. The summed E-state index contributed by atoms with van der Waals surface area (Å²) in [5.41, 5.74) is 0. The van der Waals surface area contributed by atoms with Gasteiger partial charge >= 0.3 is 39.5 Å². The van der Waals surface area contributed by atoms with Crippen LogP contribution in [0.3, 0.4) is 0 Å². The van der Waals surface area contributed by atoms with Gasteiger partial charge < -0.3 is 33.8 Å². The Morgan fingerprint density at radius 3 is 0.719 bits per heavy atom. The SMILES string of the molecule is CC/C=C\C/C=C\C/C=C\C/C=C\C/C=C\C/C=C\CCC(=O)OC[C@H](COP(=O)(O)OC[C@@H](O)COP(=O)(O)OC[C@@H](COC(=O)CC/C=C\C/C=C\C/C=C\C/C=C\C/C=C\C/C=C\CC)OC(=O)CCC/C=C\C/C=C\C/C=C\C/C=C\CCCCC)OC(=O)CC/C=C\C/C=C\C/C=C\C/C=C\C/C=C\C/C=C\CC. The van der Waals surface area contributed by atoms with Gasteiger partial charge in [-0.2, -0.15) is 0 Å². The van der Waals surface area contributed by atoms with Gasteiger partial charge in [0.2, 0.25) is 0 Å². The van der Waals surface area contributed by atoms with E-state index in [0.717, 1.165) is 122 Å². The lowest BCUT2D eigenvalue weighted by Gasteiger charge is -2.21. The van der Waals surface area contributed by atoms with Crippen LogP contribution in [0.5, 0.6) is 0 Å². The monoisotopic (exact) mass is 1620 g/mol. The molecule has 2 unspecified atom stereocenters. The molecule has 114 heavy (non-hydrogen) atoms. The lowest BCUT2D eigenvalue weighted by molar-refractivity contribution is -0.161. The van der Waals surface area contributed by atoms with Crippen molar-refractivity contribution in [3.05, 3.63) is 267 Å². The number of phosphoric ester groups is 2. The van der Waals surface area contributed by atoms with Gasteiger partial charge in [0.25, 0.3) is 0 Å². The zero-order valence-electron chi connectivity index (χ0n) is 69.4. The predicted molar refractivity (Wildman–Crippen MR) is 472 cm³/mol. The first kappa shape index (κ1) is 106. The summed E-state index contributed by atoms with van der Waals surface area (Å²) < 4.78 is 68.4. The van der Waals surface area contributed by atoms with E-state index >= 15 is 0 Å². The third-order valence-corrected chi connectivity index (χ3v) is 17.6. The van der Waals surface area contributed by atoms with E-state index in [1.54, 1.807) is 0 Å². The van der Waals surface area contributed by atoms with Crippen molar-refractivity contribution in [1.29, 1.82) is 0 Å². The number of aliphatic hydroxyl groups is 1. The normalized spacial score (nSPS) is 15.1. The van der Waals surface area contributed by atoms with Crippen molar-refractivity contribution in [2.24, 2.45) is 0 Å². The summed E-state index contributed by atoms with van der Waals surface area (Å²) in [5, 5.41) is 10.7. The number of allylic oxidation sites excluding steroid dienone is 44. The van der Waals surface area contributed by atoms with Gasteiger partial charge in [-0.05, 0) is 180 Å². The van der Waals surface area contributed by atoms with E-state index < -0.39 is 97.5 Å². The molecular formula is C95H142O17P2. The number of rotatable bonds is 74. The van der Waals surface area contributed by atoms with Gasteiger partial charge in [0, 0.05) is 25.7 Å². The minimum Gasteiger partial charge on any atom is -0.462 e. The molecule has 0 spiro atoms. The molecule has 0 saturated heterocycles. The zero-order chi connectivity index (χ0) is 83.1. The van der Waals surface area contributed by atoms with Crippen LogP contribution in [0.15, 0.2) is 267 Å². The quantitative estimate of drug-likeness (QED) is 0.0169. The number of esters is 4. The lowest BCUT2D eigenvalue weighted by Crippen LogP contribution is -2.30. The smallest absolute Gasteiger partial charge is 0.462 e. The summed E-state index contributed by atoms with van der Waals surface area (Å²) in [6.45, 7) is 4.12. The van der Waals surface area contributed by atoms with E-state index in [0.29, 0.717) is 51.4 Å². The molecule has 0 saturated carbocycles. The predicted octanol–water partition coefficient (Wildman–Crippen LogP) is 25.1. The van der Waals surface area contributed by atoms with Crippen LogP contribution in [0.4, 0.5) is 0 Å². The molecule has 0 aliphatic heterocycles. The van der Waals surface area contributed by atoms with Crippen molar-refractivity contribution in [2.75, 3.05) is 39.6 Å². The molecule has 0 rings (SSSR count). The second kappa shape index (κ2) is 83.3. The standard InChI is InChI=1S/C95H142O17P2/c1-5-9-13-17-21-25-29-33-37-41-44-48-51-55-59-63-67-71-75-79-92(97)105-85-90(111-94(99)81-77-73-69-65-61-57-53-47-40-36-32-28-24-20-16-12-8-4)87-109-113(101,102)107-83-89(96)84-108-114(103,104)110-88-91(112-95(100)82-78-74-70-66-62-58-54-50-46-43-39-35-31-27-23-19-15-11-7-3)86-106-93(98)80-76-72-68-64-60-56-52-49-45-42-38-34-30-26-22-18-14-10-6-2/h9-11,13-15,21-28,33-40,44-46,48-50,53,55-60,62,65,67-72,74,89-91,96H,5-8,12,16-20,29-32,41-43,47,51-52,54,61,63-64,66,73,75-88H2,1-4H3,(H,101,102)(H,103,104)/b13-9-,14-10-,15-11-,25-21-,26-22-,27-23-,28-24-,37-33-,38-34-,39-35-,40-36-,48-44-,49-45-,50-46-,57-53-,59-55-,60-56-,62-58-,69-65-,71-67-,72-68-,74-70-/t89-,90+,91+/m0/s1. The molecular weight excluding hydrogens is 1470 g/mol. The number of hydrogen-bond donors (Lipinski definition) is 3. The van der Waals surface area contributed by atoms with Crippen LogP contribution in [0.25, 0.3) is 0 Å². The number of ether oxygens (including phenoxy) is 4. The number of hydrogen-bond acceptors (Lipinski definition) is 15. The summed E-state index contributed by atoms with van der Waals surface area (Å²) in [5.74, 6) is -2.58. The first-order chi connectivity index (χ1) is 55.7. The van der Waals surface area contributed by atoms with E-state index in [4.69, 9.17) is 37.0 Å². The van der Waals surface area contributed by atoms with Crippen LogP contribution >= 0.6 is 15.6 Å². The Balaban J connectivity index is 5.68. The fourth-order valence-electron chi connectivity index (χ4n) is 9.52. The lowest BCUT2D eigenvalue weighted by atomic mass is 10.2. The zero-order valence-corrected chi connectivity index (χ0v) is 71.2. The summed E-state index contributed by atoms with van der Waals surface area (Å²) in [7, 11) is -10.1. The van der Waals surface area contributed by atoms with Gasteiger partial charge in [-0.25, -0.2) is 9.13 Å². The van der Waals surface area contributed by atoms with Crippen LogP contribution in [0.2, 0.25) is 0 Å². The molecule has 0 fully saturated rings. The van der Waals surface area contributed by atoms with Crippen LogP contribution in [0, 0.1) is 0 Å². The number of unbranched alkanes of at least 4 members (excludes halogenated alkanes) is 4. The van der Waals surface area contributed by atoms with Crippen molar-refractivity contribution < 1.29 is 80.2 Å². The average molecular weight is 1620 g/mol. The third-order valence-electron chi connectivity index (χ3n) is 15.7. The first-order valence-electron chi connectivity index (χ1n) is 41.6.